The highest BCUT2D eigenvalue weighted by Gasteiger charge is 2.60. The van der Waals surface area contributed by atoms with Gasteiger partial charge in [-0.3, -0.25) is 0 Å². The third kappa shape index (κ3) is 2.44. The fourth-order valence-corrected chi connectivity index (χ4v) is 1.82. The van der Waals surface area contributed by atoms with Crippen LogP contribution in [-0.4, -0.2) is 18.5 Å². The van der Waals surface area contributed by atoms with Gasteiger partial charge in [-0.15, -0.1) is 0 Å². The van der Waals surface area contributed by atoms with Crippen molar-refractivity contribution in [2.45, 2.75) is 25.7 Å². The molecule has 0 aliphatic heterocycles. The minimum atomic E-state index is -4.23. The summed E-state index contributed by atoms with van der Waals surface area (Å²) in [6.07, 6.45) is 2.01. The van der Waals surface area contributed by atoms with Crippen LogP contribution in [0.2, 0.25) is 0 Å². The van der Waals surface area contributed by atoms with E-state index in [1.807, 2.05) is 6.92 Å². The molecule has 0 aromatic heterocycles. The average Bonchev–Trinajstić information content (AvgIpc) is 2.38. The Kier molecular flexibility index (Phi) is 3.63. The number of hydrogen-bond donors (Lipinski definition) is 0. The number of rotatable bonds is 3. The van der Waals surface area contributed by atoms with Crippen molar-refractivity contribution in [3.8, 4) is 5.75 Å². The number of allylic oxidation sites excluding steroid dienone is 3. The topological polar surface area (TPSA) is 9.23 Å². The van der Waals surface area contributed by atoms with E-state index in [4.69, 9.17) is 4.74 Å². The summed E-state index contributed by atoms with van der Waals surface area (Å²) in [6.45, 7) is 2.28. The van der Waals surface area contributed by atoms with Crippen molar-refractivity contribution >= 4 is 0 Å². The van der Waals surface area contributed by atoms with Crippen LogP contribution in [0.3, 0.4) is 0 Å². The lowest BCUT2D eigenvalue weighted by atomic mass is 9.92. The number of hydrogen-bond acceptors (Lipinski definition) is 1. The largest absolute Gasteiger partial charge is 0.489 e. The zero-order valence-electron chi connectivity index (χ0n) is 11.1. The first-order valence-corrected chi connectivity index (χ1v) is 6.08. The molecule has 0 bridgehead atoms. The maximum Gasteiger partial charge on any atom is 0.339 e. The van der Waals surface area contributed by atoms with Crippen molar-refractivity contribution in [2.24, 2.45) is 0 Å². The minimum Gasteiger partial charge on any atom is -0.489 e. The summed E-state index contributed by atoms with van der Waals surface area (Å²) in [5.41, 5.74) is -0.389. The van der Waals surface area contributed by atoms with Crippen molar-refractivity contribution in [1.29, 1.82) is 0 Å². The second-order valence-electron chi connectivity index (χ2n) is 4.79. The zero-order valence-corrected chi connectivity index (χ0v) is 11.1. The molecule has 1 aromatic rings. The first-order chi connectivity index (χ1) is 9.25. The van der Waals surface area contributed by atoms with E-state index in [0.717, 1.165) is 24.6 Å². The summed E-state index contributed by atoms with van der Waals surface area (Å²) in [4.78, 5) is 0. The maximum atomic E-state index is 13.7. The van der Waals surface area contributed by atoms with Crippen molar-refractivity contribution in [3.05, 3.63) is 53.1 Å². The van der Waals surface area contributed by atoms with Crippen LogP contribution in [0.5, 0.6) is 5.75 Å². The van der Waals surface area contributed by atoms with Gasteiger partial charge in [-0.25, -0.2) is 0 Å². The Balaban J connectivity index is 2.15. The molecule has 0 N–H and O–H groups in total. The highest BCUT2D eigenvalue weighted by Crippen LogP contribution is 2.47. The Hall–Kier alpha value is -1.78. The molecule has 0 saturated carbocycles. The molecule has 108 valence electrons. The lowest BCUT2D eigenvalue weighted by Crippen LogP contribution is -2.46. The van der Waals surface area contributed by atoms with E-state index in [1.54, 1.807) is 24.3 Å². The number of benzene rings is 1. The first-order valence-electron chi connectivity index (χ1n) is 6.08. The third-order valence-corrected chi connectivity index (χ3v) is 3.24. The van der Waals surface area contributed by atoms with Gasteiger partial charge in [-0.2, -0.15) is 17.6 Å². The third-order valence-electron chi connectivity index (χ3n) is 3.24. The molecule has 0 radical (unpaired) electrons. The molecule has 1 aliphatic carbocycles. The summed E-state index contributed by atoms with van der Waals surface area (Å²) in [7, 11) is 0. The first kappa shape index (κ1) is 14.6. The van der Waals surface area contributed by atoms with E-state index >= 15 is 0 Å². The SMILES string of the molecule is CC1=CC=C(COc2ccc(C)cc2)C(F)(F)C1(F)F. The molecule has 1 aromatic carbocycles. The van der Waals surface area contributed by atoms with Gasteiger partial charge in [0.25, 0.3) is 0 Å². The standard InChI is InChI=1S/C15H14F4O/c1-10-3-7-13(8-4-10)20-9-12-6-5-11(2)14(16,17)15(12,18)19/h3-8H,9H2,1-2H3. The van der Waals surface area contributed by atoms with Gasteiger partial charge in [0.05, 0.1) is 0 Å². The summed E-state index contributed by atoms with van der Waals surface area (Å²) in [5, 5.41) is 0. The number of ether oxygens (including phenoxy) is 1. The van der Waals surface area contributed by atoms with Crippen LogP contribution in [0.1, 0.15) is 12.5 Å². The lowest BCUT2D eigenvalue weighted by Gasteiger charge is -2.31. The van der Waals surface area contributed by atoms with Crippen LogP contribution in [0, 0.1) is 6.92 Å². The smallest absolute Gasteiger partial charge is 0.339 e. The van der Waals surface area contributed by atoms with Gasteiger partial charge in [-0.1, -0.05) is 29.8 Å². The molecule has 0 atom stereocenters. The van der Waals surface area contributed by atoms with E-state index < -0.39 is 29.6 Å². The van der Waals surface area contributed by atoms with Crippen LogP contribution >= 0.6 is 0 Å². The quantitative estimate of drug-likeness (QED) is 0.742. The lowest BCUT2D eigenvalue weighted by molar-refractivity contribution is -0.165. The van der Waals surface area contributed by atoms with E-state index in [0.29, 0.717) is 5.75 Å². The van der Waals surface area contributed by atoms with Gasteiger partial charge in [-0.05, 0) is 26.0 Å². The molecule has 0 fully saturated rings. The number of alkyl halides is 4. The fraction of sp³-hybridized carbons (Fsp3) is 0.333. The van der Waals surface area contributed by atoms with Crippen LogP contribution in [-0.2, 0) is 0 Å². The normalized spacial score (nSPS) is 20.1. The Morgan fingerprint density at radius 3 is 2.10 bits per heavy atom. The highest BCUT2D eigenvalue weighted by molar-refractivity contribution is 5.37. The Morgan fingerprint density at radius 2 is 1.50 bits per heavy atom. The van der Waals surface area contributed by atoms with Gasteiger partial charge in [0.15, 0.2) is 0 Å². The number of halogens is 4. The minimum absolute atomic E-state index is 0.363. The van der Waals surface area contributed by atoms with Crippen molar-refractivity contribution in [3.63, 3.8) is 0 Å². The molecule has 0 spiro atoms. The molecule has 2 rings (SSSR count). The van der Waals surface area contributed by atoms with Crippen molar-refractivity contribution in [1.82, 2.24) is 0 Å². The molecule has 0 amide bonds. The van der Waals surface area contributed by atoms with E-state index in [2.05, 4.69) is 0 Å². The summed E-state index contributed by atoms with van der Waals surface area (Å²) in [6, 6.07) is 6.72. The predicted molar refractivity (Wildman–Crippen MR) is 68.4 cm³/mol. The molecule has 0 unspecified atom stereocenters. The Labute approximate surface area is 114 Å². The molecule has 5 heteroatoms. The van der Waals surface area contributed by atoms with Gasteiger partial charge in [0.1, 0.15) is 12.4 Å². The van der Waals surface area contributed by atoms with E-state index in [-0.39, 0.29) is 0 Å². The van der Waals surface area contributed by atoms with Crippen molar-refractivity contribution < 1.29 is 22.3 Å². The fourth-order valence-electron chi connectivity index (χ4n) is 1.82. The summed E-state index contributed by atoms with van der Waals surface area (Å²) < 4.78 is 59.6. The second-order valence-corrected chi connectivity index (χ2v) is 4.79. The molecular formula is C15H14F4O. The number of aryl methyl sites for hydroxylation is 1. The molecule has 1 nitrogen and oxygen atoms in total. The summed E-state index contributed by atoms with van der Waals surface area (Å²) >= 11 is 0. The molecule has 0 saturated heterocycles. The van der Waals surface area contributed by atoms with Gasteiger partial charge < -0.3 is 4.74 Å². The highest BCUT2D eigenvalue weighted by atomic mass is 19.3. The average molecular weight is 286 g/mol. The second kappa shape index (κ2) is 4.96. The van der Waals surface area contributed by atoms with Crippen LogP contribution in [0.15, 0.2) is 47.6 Å². The van der Waals surface area contributed by atoms with Gasteiger partial charge in [0, 0.05) is 11.1 Å². The maximum absolute atomic E-state index is 13.7. The molecular weight excluding hydrogens is 272 g/mol. The summed E-state index contributed by atoms with van der Waals surface area (Å²) in [5.74, 6) is -8.04. The van der Waals surface area contributed by atoms with Gasteiger partial charge in [0.2, 0.25) is 0 Å². The van der Waals surface area contributed by atoms with Crippen LogP contribution < -0.4 is 4.74 Å². The van der Waals surface area contributed by atoms with Gasteiger partial charge >= 0.3 is 11.8 Å². The van der Waals surface area contributed by atoms with Crippen molar-refractivity contribution in [2.75, 3.05) is 6.61 Å². The monoisotopic (exact) mass is 286 g/mol. The van der Waals surface area contributed by atoms with E-state index in [1.165, 1.54) is 0 Å². The van der Waals surface area contributed by atoms with Crippen LogP contribution in [0.25, 0.3) is 0 Å². The van der Waals surface area contributed by atoms with E-state index in [9.17, 15) is 17.6 Å². The predicted octanol–water partition coefficient (Wildman–Crippen LogP) is 4.53. The molecule has 0 heterocycles. The Morgan fingerprint density at radius 1 is 0.900 bits per heavy atom. The van der Waals surface area contributed by atoms with Crippen LogP contribution in [0.4, 0.5) is 17.6 Å². The molecule has 1 aliphatic rings. The molecule has 20 heavy (non-hydrogen) atoms. The Bertz CT molecular complexity index is 556. The zero-order chi connectivity index (χ0) is 15.0.